The molecule has 0 fully saturated rings. The van der Waals surface area contributed by atoms with Crippen LogP contribution in [0.2, 0.25) is 0 Å². The number of hydrogen-bond donors (Lipinski definition) is 0. The molecule has 2 aromatic rings. The van der Waals surface area contributed by atoms with Crippen LogP contribution in [0.5, 0.6) is 0 Å². The van der Waals surface area contributed by atoms with Gasteiger partial charge in [-0.25, -0.2) is 10.7 Å². The fraction of sp³-hybridized carbons (Fsp3) is 0.0769. The lowest BCUT2D eigenvalue weighted by atomic mass is 9.65. The molecule has 0 unspecified atom stereocenters. The second kappa shape index (κ2) is 4.78. The van der Waals surface area contributed by atoms with Crippen LogP contribution in [0.25, 0.3) is 0 Å². The Morgan fingerprint density at radius 3 is 2.47 bits per heavy atom. The monoisotopic (exact) mass is 197 g/mol. The van der Waals surface area contributed by atoms with E-state index in [2.05, 4.69) is 12.1 Å². The van der Waals surface area contributed by atoms with Crippen LogP contribution in [0.3, 0.4) is 0 Å². The van der Waals surface area contributed by atoms with Gasteiger partial charge < -0.3 is 0 Å². The predicted molar refractivity (Wildman–Crippen MR) is 61.9 cm³/mol. The molecule has 0 heterocycles. The van der Waals surface area contributed by atoms with Gasteiger partial charge in [-0.2, -0.15) is 0 Å². The van der Waals surface area contributed by atoms with Crippen molar-refractivity contribution in [1.29, 1.82) is 0 Å². The molecule has 2 aromatic carbocycles. The second-order valence-electron chi connectivity index (χ2n) is 3.45. The summed E-state index contributed by atoms with van der Waals surface area (Å²) >= 11 is 0. The molecule has 0 aliphatic carbocycles. The van der Waals surface area contributed by atoms with Crippen LogP contribution in [-0.4, -0.2) is 7.28 Å². The molecule has 0 amide bonds. The fourth-order valence-corrected chi connectivity index (χ4v) is 1.48. The largest absolute Gasteiger partial charge is 0.291 e. The van der Waals surface area contributed by atoms with Crippen LogP contribution >= 0.6 is 0 Å². The van der Waals surface area contributed by atoms with Crippen LogP contribution in [0.15, 0.2) is 54.6 Å². The average molecular weight is 197 g/mol. The van der Waals surface area contributed by atoms with Crippen LogP contribution in [0.1, 0.15) is 5.56 Å². The Bertz CT molecular complexity index is 426. The van der Waals surface area contributed by atoms with Gasteiger partial charge in [-0.15, -0.1) is 6.07 Å². The third-order valence-electron chi connectivity index (χ3n) is 2.26. The molecule has 0 N–H and O–H groups in total. The normalized spacial score (nSPS) is 10.2. The topological polar surface area (TPSA) is 0 Å². The van der Waals surface area contributed by atoms with E-state index in [9.17, 15) is 4.39 Å². The molecule has 15 heavy (non-hydrogen) atoms. The van der Waals surface area contributed by atoms with Gasteiger partial charge in [0.15, 0.2) is 0 Å². The van der Waals surface area contributed by atoms with Crippen LogP contribution in [0.4, 0.5) is 4.39 Å². The zero-order valence-electron chi connectivity index (χ0n) is 8.36. The smallest absolute Gasteiger partial charge is 0.119 e. The van der Waals surface area contributed by atoms with E-state index < -0.39 is 0 Å². The van der Waals surface area contributed by atoms with E-state index in [0.717, 1.165) is 11.8 Å². The summed E-state index contributed by atoms with van der Waals surface area (Å²) in [6.45, 7) is 0. The SMILES string of the molecule is Fc1cccc([B-]Cc2ccccc2)c1. The van der Waals surface area contributed by atoms with Crippen molar-refractivity contribution in [3.63, 3.8) is 0 Å². The Labute approximate surface area is 90.0 Å². The van der Waals surface area contributed by atoms with Crippen LogP contribution in [0, 0.1) is 5.82 Å². The van der Waals surface area contributed by atoms with Gasteiger partial charge in [-0.3, -0.25) is 12.7 Å². The van der Waals surface area contributed by atoms with Crippen molar-refractivity contribution in [2.75, 3.05) is 0 Å². The molecule has 0 atom stereocenters. The first-order valence-corrected chi connectivity index (χ1v) is 4.97. The maximum Gasteiger partial charge on any atom is 0.119 e. The molecule has 2 heteroatoms. The van der Waals surface area contributed by atoms with Gasteiger partial charge in [0.2, 0.25) is 0 Å². The summed E-state index contributed by atoms with van der Waals surface area (Å²) in [5, 5.41) is 0. The Morgan fingerprint density at radius 2 is 1.73 bits per heavy atom. The summed E-state index contributed by atoms with van der Waals surface area (Å²) in [5.74, 6) is -0.184. The molecule has 0 bridgehead atoms. The Morgan fingerprint density at radius 1 is 0.933 bits per heavy atom. The number of hydrogen-bond acceptors (Lipinski definition) is 0. The Kier molecular flexibility index (Phi) is 3.18. The van der Waals surface area contributed by atoms with Crippen LogP contribution in [-0.2, 0) is 6.32 Å². The Balaban J connectivity index is 1.99. The highest BCUT2D eigenvalue weighted by atomic mass is 19.1. The van der Waals surface area contributed by atoms with Gasteiger partial charge in [0.1, 0.15) is 5.82 Å². The van der Waals surface area contributed by atoms with Crippen molar-refractivity contribution in [2.45, 2.75) is 6.32 Å². The lowest BCUT2D eigenvalue weighted by Gasteiger charge is -2.15. The molecular weight excluding hydrogens is 186 g/mol. The highest BCUT2D eigenvalue weighted by molar-refractivity contribution is 6.52. The molecule has 0 aliphatic rings. The van der Waals surface area contributed by atoms with Crippen molar-refractivity contribution < 1.29 is 4.39 Å². The van der Waals surface area contributed by atoms with Gasteiger partial charge in [0, 0.05) is 0 Å². The van der Waals surface area contributed by atoms with E-state index in [1.165, 1.54) is 11.6 Å². The van der Waals surface area contributed by atoms with Crippen LogP contribution < -0.4 is 5.46 Å². The molecule has 0 saturated heterocycles. The second-order valence-corrected chi connectivity index (χ2v) is 3.45. The minimum absolute atomic E-state index is 0.184. The minimum Gasteiger partial charge on any atom is -0.291 e. The van der Waals surface area contributed by atoms with E-state index in [4.69, 9.17) is 0 Å². The third-order valence-corrected chi connectivity index (χ3v) is 2.26. The van der Waals surface area contributed by atoms with E-state index in [-0.39, 0.29) is 5.82 Å². The first-order chi connectivity index (χ1) is 7.34. The summed E-state index contributed by atoms with van der Waals surface area (Å²) in [5.41, 5.74) is 2.17. The molecule has 0 saturated carbocycles. The van der Waals surface area contributed by atoms with Gasteiger partial charge in [0.05, 0.1) is 0 Å². The number of benzene rings is 2. The molecule has 0 aliphatic heterocycles. The minimum atomic E-state index is -0.184. The van der Waals surface area contributed by atoms with Crippen molar-refractivity contribution in [3.8, 4) is 0 Å². The van der Waals surface area contributed by atoms with Gasteiger partial charge in [0.25, 0.3) is 0 Å². The summed E-state index contributed by atoms with van der Waals surface area (Å²) < 4.78 is 12.9. The van der Waals surface area contributed by atoms with E-state index >= 15 is 0 Å². The summed E-state index contributed by atoms with van der Waals surface area (Å²) in [7, 11) is 2.03. The number of rotatable bonds is 3. The highest BCUT2D eigenvalue weighted by Gasteiger charge is 1.86. The molecule has 0 spiro atoms. The zero-order chi connectivity index (χ0) is 10.5. The summed E-state index contributed by atoms with van der Waals surface area (Å²) in [6.07, 6.45) is 0.838. The third kappa shape index (κ3) is 2.95. The number of halogens is 1. The Hall–Kier alpha value is -1.57. The standard InChI is InChI=1S/C13H11BF/c15-13-8-4-7-12(9-13)14-10-11-5-2-1-3-6-11/h1-9H,10H2/q-1. The molecule has 0 nitrogen and oxygen atoms in total. The fourth-order valence-electron chi connectivity index (χ4n) is 1.48. The quantitative estimate of drug-likeness (QED) is 0.662. The molecule has 0 aromatic heterocycles. The maximum absolute atomic E-state index is 12.9. The first kappa shape index (κ1) is 9.97. The van der Waals surface area contributed by atoms with Gasteiger partial charge >= 0.3 is 0 Å². The van der Waals surface area contributed by atoms with Gasteiger partial charge in [-0.1, -0.05) is 48.0 Å². The average Bonchev–Trinajstić information content (AvgIpc) is 2.28. The summed E-state index contributed by atoms with van der Waals surface area (Å²) in [4.78, 5) is 0. The zero-order valence-corrected chi connectivity index (χ0v) is 8.36. The van der Waals surface area contributed by atoms with Crippen molar-refractivity contribution >= 4 is 12.7 Å². The van der Waals surface area contributed by atoms with E-state index in [1.807, 2.05) is 31.5 Å². The predicted octanol–water partition coefficient (Wildman–Crippen LogP) is 2.36. The molecule has 2 radical (unpaired) electrons. The van der Waals surface area contributed by atoms with E-state index in [1.54, 1.807) is 12.1 Å². The lowest BCUT2D eigenvalue weighted by molar-refractivity contribution is 0.629. The van der Waals surface area contributed by atoms with Crippen molar-refractivity contribution in [2.24, 2.45) is 0 Å². The molecule has 74 valence electrons. The van der Waals surface area contributed by atoms with E-state index in [0.29, 0.717) is 0 Å². The van der Waals surface area contributed by atoms with Crippen molar-refractivity contribution in [3.05, 3.63) is 66.0 Å². The lowest BCUT2D eigenvalue weighted by Crippen LogP contribution is -2.16. The molecule has 2 rings (SSSR count). The highest BCUT2D eigenvalue weighted by Crippen LogP contribution is 1.99. The van der Waals surface area contributed by atoms with Crippen molar-refractivity contribution in [1.82, 2.24) is 0 Å². The van der Waals surface area contributed by atoms with Gasteiger partial charge in [-0.05, 0) is 6.07 Å². The molecular formula is C13H11BF-. The maximum atomic E-state index is 12.9. The summed E-state index contributed by atoms with van der Waals surface area (Å²) in [6, 6.07) is 16.8. The first-order valence-electron chi connectivity index (χ1n) is 4.97.